The molecule has 6 nitrogen and oxygen atoms in total. The molecular formula is C13H17N5O. The van der Waals surface area contributed by atoms with Crippen LogP contribution >= 0.6 is 0 Å². The molecule has 0 aliphatic carbocycles. The van der Waals surface area contributed by atoms with Gasteiger partial charge in [-0.1, -0.05) is 12.1 Å². The van der Waals surface area contributed by atoms with E-state index in [0.29, 0.717) is 24.5 Å². The Morgan fingerprint density at radius 3 is 3.05 bits per heavy atom. The smallest absolute Gasteiger partial charge is 0.219 e. The molecule has 6 heteroatoms. The standard InChI is InChI=1S/C13H17N5O/c1-15-12(19)6-3-7-18-9-16-13(17-18)10-4-2-5-11(14)8-10/h2,4-5,8-9H,3,6-7,14H2,1H3,(H,15,19). The molecule has 1 aromatic carbocycles. The number of nitrogens with zero attached hydrogens (tertiary/aromatic N) is 3. The van der Waals surface area contributed by atoms with Crippen LogP contribution in [0.2, 0.25) is 0 Å². The highest BCUT2D eigenvalue weighted by Crippen LogP contribution is 2.16. The molecule has 2 rings (SSSR count). The third-order valence-corrected chi connectivity index (χ3v) is 2.75. The molecule has 1 aromatic heterocycles. The third-order valence-electron chi connectivity index (χ3n) is 2.75. The highest BCUT2D eigenvalue weighted by molar-refractivity contribution is 5.75. The van der Waals surface area contributed by atoms with E-state index in [9.17, 15) is 4.79 Å². The van der Waals surface area contributed by atoms with Crippen molar-refractivity contribution in [2.24, 2.45) is 0 Å². The summed E-state index contributed by atoms with van der Waals surface area (Å²) in [5.41, 5.74) is 7.31. The highest BCUT2D eigenvalue weighted by Gasteiger charge is 2.05. The van der Waals surface area contributed by atoms with Gasteiger partial charge in [-0.15, -0.1) is 0 Å². The molecule has 0 aliphatic heterocycles. The van der Waals surface area contributed by atoms with E-state index in [4.69, 9.17) is 5.73 Å². The number of rotatable bonds is 5. The fourth-order valence-electron chi connectivity index (χ4n) is 1.74. The van der Waals surface area contributed by atoms with Crippen molar-refractivity contribution in [3.63, 3.8) is 0 Å². The SMILES string of the molecule is CNC(=O)CCCn1cnc(-c2cccc(N)c2)n1. The van der Waals surface area contributed by atoms with Crippen molar-refractivity contribution in [2.45, 2.75) is 19.4 Å². The Labute approximate surface area is 111 Å². The first-order valence-electron chi connectivity index (χ1n) is 6.15. The molecule has 2 aromatic rings. The lowest BCUT2D eigenvalue weighted by Crippen LogP contribution is -2.17. The summed E-state index contributed by atoms with van der Waals surface area (Å²) in [5.74, 6) is 0.684. The second kappa shape index (κ2) is 5.99. The highest BCUT2D eigenvalue weighted by atomic mass is 16.1. The van der Waals surface area contributed by atoms with Crippen LogP contribution in [0.25, 0.3) is 11.4 Å². The minimum Gasteiger partial charge on any atom is -0.399 e. The monoisotopic (exact) mass is 259 g/mol. The molecule has 0 spiro atoms. The fourth-order valence-corrected chi connectivity index (χ4v) is 1.74. The number of nitrogen functional groups attached to an aromatic ring is 1. The first-order valence-corrected chi connectivity index (χ1v) is 6.15. The van der Waals surface area contributed by atoms with Gasteiger partial charge in [0.15, 0.2) is 5.82 Å². The number of carbonyl (C=O) groups excluding carboxylic acids is 1. The Kier molecular flexibility index (Phi) is 4.12. The van der Waals surface area contributed by atoms with Gasteiger partial charge < -0.3 is 11.1 Å². The van der Waals surface area contributed by atoms with Crippen molar-refractivity contribution in [3.05, 3.63) is 30.6 Å². The predicted octanol–water partition coefficient (Wildman–Crippen LogP) is 1.05. The maximum atomic E-state index is 11.1. The van der Waals surface area contributed by atoms with Crippen LogP contribution in [0.1, 0.15) is 12.8 Å². The topological polar surface area (TPSA) is 85.8 Å². The van der Waals surface area contributed by atoms with Crippen LogP contribution in [0.4, 0.5) is 5.69 Å². The van der Waals surface area contributed by atoms with E-state index in [2.05, 4.69) is 15.4 Å². The van der Waals surface area contributed by atoms with Gasteiger partial charge in [-0.25, -0.2) is 4.98 Å². The zero-order valence-corrected chi connectivity index (χ0v) is 10.8. The molecule has 0 saturated heterocycles. The minimum atomic E-state index is 0.0381. The summed E-state index contributed by atoms with van der Waals surface area (Å²) in [6.45, 7) is 0.669. The molecule has 19 heavy (non-hydrogen) atoms. The summed E-state index contributed by atoms with van der Waals surface area (Å²) < 4.78 is 1.74. The average Bonchev–Trinajstić information content (AvgIpc) is 2.87. The Balaban J connectivity index is 1.97. The van der Waals surface area contributed by atoms with Gasteiger partial charge in [0, 0.05) is 31.3 Å². The zero-order valence-electron chi connectivity index (χ0n) is 10.8. The number of hydrogen-bond acceptors (Lipinski definition) is 4. The Hall–Kier alpha value is -2.37. The lowest BCUT2D eigenvalue weighted by molar-refractivity contribution is -0.120. The van der Waals surface area contributed by atoms with Crippen LogP contribution < -0.4 is 11.1 Å². The molecule has 0 radical (unpaired) electrons. The Morgan fingerprint density at radius 2 is 2.32 bits per heavy atom. The van der Waals surface area contributed by atoms with Gasteiger partial charge in [0.05, 0.1) is 0 Å². The maximum Gasteiger partial charge on any atom is 0.219 e. The van der Waals surface area contributed by atoms with E-state index in [1.54, 1.807) is 18.1 Å². The van der Waals surface area contributed by atoms with Crippen LogP contribution in [0, 0.1) is 0 Å². The summed E-state index contributed by atoms with van der Waals surface area (Å²) in [6, 6.07) is 7.45. The molecular weight excluding hydrogens is 242 g/mol. The molecule has 1 heterocycles. The molecule has 0 fully saturated rings. The van der Waals surface area contributed by atoms with Gasteiger partial charge in [-0.3, -0.25) is 9.48 Å². The van der Waals surface area contributed by atoms with Crippen molar-refractivity contribution in [2.75, 3.05) is 12.8 Å². The van der Waals surface area contributed by atoms with Crippen molar-refractivity contribution in [1.82, 2.24) is 20.1 Å². The summed E-state index contributed by atoms with van der Waals surface area (Å²) >= 11 is 0. The normalized spacial score (nSPS) is 10.4. The summed E-state index contributed by atoms with van der Waals surface area (Å²) in [6.07, 6.45) is 2.89. The molecule has 0 saturated carbocycles. The molecule has 0 aliphatic rings. The van der Waals surface area contributed by atoms with Gasteiger partial charge >= 0.3 is 0 Å². The van der Waals surface area contributed by atoms with Crippen LogP contribution in [0.5, 0.6) is 0 Å². The second-order valence-corrected chi connectivity index (χ2v) is 4.23. The van der Waals surface area contributed by atoms with E-state index in [1.807, 2.05) is 24.3 Å². The summed E-state index contributed by atoms with van der Waals surface area (Å²) in [7, 11) is 1.63. The summed E-state index contributed by atoms with van der Waals surface area (Å²) in [4.78, 5) is 15.3. The average molecular weight is 259 g/mol. The van der Waals surface area contributed by atoms with Gasteiger partial charge in [0.25, 0.3) is 0 Å². The lowest BCUT2D eigenvalue weighted by atomic mass is 10.2. The molecule has 3 N–H and O–H groups in total. The van der Waals surface area contributed by atoms with Crippen molar-refractivity contribution >= 4 is 11.6 Å². The van der Waals surface area contributed by atoms with Crippen LogP contribution in [-0.4, -0.2) is 27.7 Å². The number of nitrogens with one attached hydrogen (secondary N) is 1. The second-order valence-electron chi connectivity index (χ2n) is 4.23. The number of aryl methyl sites for hydroxylation is 1. The van der Waals surface area contributed by atoms with E-state index in [0.717, 1.165) is 12.0 Å². The Morgan fingerprint density at radius 1 is 1.47 bits per heavy atom. The van der Waals surface area contributed by atoms with Gasteiger partial charge in [0.1, 0.15) is 6.33 Å². The Bertz CT molecular complexity index is 564. The fraction of sp³-hybridized carbons (Fsp3) is 0.308. The van der Waals surface area contributed by atoms with Crippen molar-refractivity contribution < 1.29 is 4.79 Å². The third kappa shape index (κ3) is 3.54. The van der Waals surface area contributed by atoms with Crippen LogP contribution in [0.15, 0.2) is 30.6 Å². The predicted molar refractivity (Wildman–Crippen MR) is 73.2 cm³/mol. The van der Waals surface area contributed by atoms with Crippen molar-refractivity contribution in [3.8, 4) is 11.4 Å². The van der Waals surface area contributed by atoms with E-state index >= 15 is 0 Å². The molecule has 100 valence electrons. The molecule has 0 unspecified atom stereocenters. The van der Waals surface area contributed by atoms with Gasteiger partial charge in [-0.05, 0) is 18.6 Å². The van der Waals surface area contributed by atoms with Crippen LogP contribution in [-0.2, 0) is 11.3 Å². The van der Waals surface area contributed by atoms with Gasteiger partial charge in [0.2, 0.25) is 5.91 Å². The van der Waals surface area contributed by atoms with Gasteiger partial charge in [-0.2, -0.15) is 5.10 Å². The summed E-state index contributed by atoms with van der Waals surface area (Å²) in [5, 5.41) is 6.95. The lowest BCUT2D eigenvalue weighted by Gasteiger charge is -2.00. The first-order chi connectivity index (χ1) is 9.19. The first kappa shape index (κ1) is 13.1. The molecule has 0 atom stereocenters. The number of hydrogen-bond donors (Lipinski definition) is 2. The minimum absolute atomic E-state index is 0.0381. The largest absolute Gasteiger partial charge is 0.399 e. The number of nitrogens with two attached hydrogens (primary N) is 1. The quantitative estimate of drug-likeness (QED) is 0.786. The molecule has 1 amide bonds. The molecule has 0 bridgehead atoms. The van der Waals surface area contributed by atoms with Crippen molar-refractivity contribution in [1.29, 1.82) is 0 Å². The maximum absolute atomic E-state index is 11.1. The number of anilines is 1. The van der Waals surface area contributed by atoms with E-state index < -0.39 is 0 Å². The van der Waals surface area contributed by atoms with E-state index in [-0.39, 0.29) is 5.91 Å². The zero-order chi connectivity index (χ0) is 13.7. The number of benzene rings is 1. The van der Waals surface area contributed by atoms with Crippen LogP contribution in [0.3, 0.4) is 0 Å². The number of aromatic nitrogens is 3. The number of amides is 1. The number of carbonyl (C=O) groups is 1. The van der Waals surface area contributed by atoms with E-state index in [1.165, 1.54) is 0 Å².